The van der Waals surface area contributed by atoms with Crippen LogP contribution in [0.3, 0.4) is 0 Å². The highest BCUT2D eigenvalue weighted by atomic mass is 32.2. The van der Waals surface area contributed by atoms with E-state index in [2.05, 4.69) is 4.18 Å². The summed E-state index contributed by atoms with van der Waals surface area (Å²) in [6.07, 6.45) is -7.90. The van der Waals surface area contributed by atoms with E-state index in [0.717, 1.165) is 18.2 Å². The fraction of sp³-hybridized carbons (Fsp3) is 0.333. The fourth-order valence-electron chi connectivity index (χ4n) is 1.22. The molecule has 0 bridgehead atoms. The summed E-state index contributed by atoms with van der Waals surface area (Å²) in [4.78, 5) is 0. The summed E-state index contributed by atoms with van der Waals surface area (Å²) in [5.74, 6) is -0.769. The molecule has 0 amide bonds. The second-order valence-electron chi connectivity index (χ2n) is 3.16. The van der Waals surface area contributed by atoms with Gasteiger partial charge in [-0.1, -0.05) is 12.1 Å². The Morgan fingerprint density at radius 1 is 1.41 bits per heavy atom. The maximum Gasteiger partial charge on any atom is 0.391 e. The number of alkyl halides is 3. The number of hydrogen-bond acceptors (Lipinski definition) is 3. The maximum absolute atomic E-state index is 12.8. The molecule has 2 atom stereocenters. The zero-order valence-corrected chi connectivity index (χ0v) is 9.06. The van der Waals surface area contributed by atoms with Crippen molar-refractivity contribution in [3.05, 3.63) is 35.6 Å². The average molecular weight is 271 g/mol. The van der Waals surface area contributed by atoms with Crippen LogP contribution in [0.25, 0.3) is 0 Å². The molecule has 0 saturated carbocycles. The van der Waals surface area contributed by atoms with Gasteiger partial charge in [0.25, 0.3) is 0 Å². The van der Waals surface area contributed by atoms with Gasteiger partial charge in [-0.05, 0) is 17.7 Å². The van der Waals surface area contributed by atoms with Crippen LogP contribution >= 0.6 is 0 Å². The minimum Gasteiger partial charge on any atom is -0.750 e. The third kappa shape index (κ3) is 5.24. The highest BCUT2D eigenvalue weighted by molar-refractivity contribution is 7.74. The molecule has 2 unspecified atom stereocenters. The molecular formula is C9H7F4O3S-. The van der Waals surface area contributed by atoms with Crippen molar-refractivity contribution in [2.75, 3.05) is 0 Å². The number of halogens is 4. The van der Waals surface area contributed by atoms with Gasteiger partial charge < -0.3 is 4.55 Å². The van der Waals surface area contributed by atoms with Crippen LogP contribution < -0.4 is 0 Å². The lowest BCUT2D eigenvalue weighted by atomic mass is 10.1. The molecule has 0 spiro atoms. The predicted molar refractivity (Wildman–Crippen MR) is 49.8 cm³/mol. The fourth-order valence-corrected chi connectivity index (χ4v) is 1.59. The van der Waals surface area contributed by atoms with Crippen LogP contribution in [0.5, 0.6) is 0 Å². The quantitative estimate of drug-likeness (QED) is 0.624. The van der Waals surface area contributed by atoms with Crippen LogP contribution in [0.2, 0.25) is 0 Å². The molecule has 0 aliphatic carbocycles. The third-order valence-corrected chi connectivity index (χ3v) is 2.22. The molecule has 0 saturated heterocycles. The van der Waals surface area contributed by atoms with Gasteiger partial charge in [0, 0.05) is 0 Å². The molecule has 1 aromatic carbocycles. The molecule has 8 heteroatoms. The van der Waals surface area contributed by atoms with Gasteiger partial charge in [-0.2, -0.15) is 13.2 Å². The Morgan fingerprint density at radius 2 is 2.06 bits per heavy atom. The smallest absolute Gasteiger partial charge is 0.391 e. The molecule has 0 heterocycles. The van der Waals surface area contributed by atoms with Gasteiger partial charge >= 0.3 is 6.18 Å². The molecule has 3 nitrogen and oxygen atoms in total. The Bertz CT molecular complexity index is 407. The largest absolute Gasteiger partial charge is 0.750 e. The SMILES string of the molecule is O=S([O-])OC(CC(F)(F)F)c1cccc(F)c1. The van der Waals surface area contributed by atoms with Crippen molar-refractivity contribution in [1.82, 2.24) is 0 Å². The summed E-state index contributed by atoms with van der Waals surface area (Å²) < 4.78 is 73.9. The minimum absolute atomic E-state index is 0.188. The summed E-state index contributed by atoms with van der Waals surface area (Å²) >= 11 is -3.11. The van der Waals surface area contributed by atoms with Gasteiger partial charge in [-0.25, -0.2) is 8.60 Å². The Hall–Kier alpha value is -0.990. The van der Waals surface area contributed by atoms with Gasteiger partial charge in [0.2, 0.25) is 0 Å². The monoisotopic (exact) mass is 271 g/mol. The summed E-state index contributed by atoms with van der Waals surface area (Å²) in [6.45, 7) is 0. The lowest BCUT2D eigenvalue weighted by molar-refractivity contribution is -0.151. The predicted octanol–water partition coefficient (Wildman–Crippen LogP) is 2.63. The van der Waals surface area contributed by atoms with Crippen molar-refractivity contribution in [2.45, 2.75) is 18.7 Å². The summed E-state index contributed by atoms with van der Waals surface area (Å²) in [5.41, 5.74) is -0.188. The standard InChI is InChI=1S/C9H8F4O3S/c10-7-3-1-2-6(4-7)8(16-17(14)15)5-9(11,12)13/h1-4,8H,5H2,(H,14,15)/p-1. The van der Waals surface area contributed by atoms with Crippen LogP contribution in [0, 0.1) is 5.82 Å². The molecule has 1 rings (SSSR count). The molecule has 0 radical (unpaired) electrons. The second kappa shape index (κ2) is 5.56. The van der Waals surface area contributed by atoms with E-state index in [1.54, 1.807) is 0 Å². The first kappa shape index (κ1) is 14.1. The van der Waals surface area contributed by atoms with E-state index in [-0.39, 0.29) is 5.56 Å². The van der Waals surface area contributed by atoms with Crippen molar-refractivity contribution in [3.8, 4) is 0 Å². The molecular weight excluding hydrogens is 264 g/mol. The van der Waals surface area contributed by atoms with Gasteiger partial charge in [-0.15, -0.1) is 0 Å². The van der Waals surface area contributed by atoms with Gasteiger partial charge in [0.1, 0.15) is 11.9 Å². The molecule has 0 N–H and O–H groups in total. The Kier molecular flexibility index (Phi) is 4.61. The molecule has 17 heavy (non-hydrogen) atoms. The van der Waals surface area contributed by atoms with Crippen molar-refractivity contribution < 1.29 is 30.5 Å². The van der Waals surface area contributed by atoms with Gasteiger partial charge in [0.15, 0.2) is 0 Å². The highest BCUT2D eigenvalue weighted by Gasteiger charge is 2.33. The first-order valence-corrected chi connectivity index (χ1v) is 5.36. The van der Waals surface area contributed by atoms with Gasteiger partial charge in [0.05, 0.1) is 17.8 Å². The molecule has 0 fully saturated rings. The van der Waals surface area contributed by atoms with Crippen molar-refractivity contribution in [3.63, 3.8) is 0 Å². The molecule has 0 aromatic heterocycles. The zero-order valence-electron chi connectivity index (χ0n) is 8.24. The van der Waals surface area contributed by atoms with Crippen molar-refractivity contribution >= 4 is 11.4 Å². The third-order valence-electron chi connectivity index (χ3n) is 1.83. The van der Waals surface area contributed by atoms with E-state index in [1.165, 1.54) is 6.07 Å². The van der Waals surface area contributed by atoms with E-state index in [0.29, 0.717) is 0 Å². The summed E-state index contributed by atoms with van der Waals surface area (Å²) in [6, 6.07) is 4.16. The second-order valence-corrected chi connectivity index (χ2v) is 3.76. The van der Waals surface area contributed by atoms with Crippen LogP contribution in [0.15, 0.2) is 24.3 Å². The van der Waals surface area contributed by atoms with E-state index < -0.39 is 35.9 Å². The summed E-state index contributed by atoms with van der Waals surface area (Å²) in [5, 5.41) is 0. The lowest BCUT2D eigenvalue weighted by Crippen LogP contribution is -2.17. The van der Waals surface area contributed by atoms with Crippen LogP contribution in [-0.4, -0.2) is 14.9 Å². The average Bonchev–Trinajstić information content (AvgIpc) is 2.13. The Balaban J connectivity index is 2.93. The van der Waals surface area contributed by atoms with Crippen LogP contribution in [0.4, 0.5) is 17.6 Å². The van der Waals surface area contributed by atoms with Crippen LogP contribution in [0.1, 0.15) is 18.1 Å². The molecule has 0 aliphatic rings. The van der Waals surface area contributed by atoms with E-state index >= 15 is 0 Å². The highest BCUT2D eigenvalue weighted by Crippen LogP contribution is 2.32. The Labute approximate surface area is 96.9 Å². The van der Waals surface area contributed by atoms with E-state index in [9.17, 15) is 26.3 Å². The van der Waals surface area contributed by atoms with E-state index in [1.807, 2.05) is 0 Å². The Morgan fingerprint density at radius 3 is 2.53 bits per heavy atom. The first-order valence-electron chi connectivity index (χ1n) is 4.36. The van der Waals surface area contributed by atoms with Gasteiger partial charge in [-0.3, -0.25) is 4.18 Å². The van der Waals surface area contributed by atoms with Crippen molar-refractivity contribution in [2.24, 2.45) is 0 Å². The van der Waals surface area contributed by atoms with Crippen molar-refractivity contribution in [1.29, 1.82) is 0 Å². The molecule has 1 aromatic rings. The topological polar surface area (TPSA) is 49.4 Å². The summed E-state index contributed by atoms with van der Waals surface area (Å²) in [7, 11) is 0. The molecule has 96 valence electrons. The zero-order chi connectivity index (χ0) is 13.1. The lowest BCUT2D eigenvalue weighted by Gasteiger charge is -2.20. The number of hydrogen-bond donors (Lipinski definition) is 0. The normalized spacial score (nSPS) is 15.6. The maximum atomic E-state index is 12.8. The minimum atomic E-state index is -4.61. The molecule has 0 aliphatic heterocycles. The number of benzene rings is 1. The van der Waals surface area contributed by atoms with E-state index in [4.69, 9.17) is 0 Å². The number of rotatable bonds is 4. The van der Waals surface area contributed by atoms with Crippen LogP contribution in [-0.2, 0) is 15.5 Å². The first-order chi connectivity index (χ1) is 7.78.